The fraction of sp³-hybridized carbons (Fsp3) is 0.364. The lowest BCUT2D eigenvalue weighted by Crippen LogP contribution is -2.38. The monoisotopic (exact) mass is 253 g/mol. The van der Waals surface area contributed by atoms with Crippen LogP contribution in [0.15, 0.2) is 22.6 Å². The van der Waals surface area contributed by atoms with Crippen molar-refractivity contribution in [3.8, 4) is 0 Å². The normalized spacial score (nSPS) is 10.4. The highest BCUT2D eigenvalue weighted by molar-refractivity contribution is 7.11. The molecule has 0 fully saturated rings. The Hall–Kier alpha value is -1.69. The first-order chi connectivity index (χ1) is 8.24. The van der Waals surface area contributed by atoms with Gasteiger partial charge in [-0.25, -0.2) is 5.43 Å². The molecule has 2 N–H and O–H groups in total. The Labute approximate surface area is 104 Å². The molecule has 1 aromatic heterocycles. The van der Waals surface area contributed by atoms with Crippen LogP contribution in [0, 0.1) is 0 Å². The number of hydrogen-bond acceptors (Lipinski definition) is 4. The number of carbonyl (C=O) groups excluding carboxylic acids is 2. The van der Waals surface area contributed by atoms with E-state index in [1.54, 1.807) is 0 Å². The molecular weight excluding hydrogens is 238 g/mol. The van der Waals surface area contributed by atoms with Crippen LogP contribution in [0.5, 0.6) is 0 Å². The van der Waals surface area contributed by atoms with Crippen molar-refractivity contribution in [1.82, 2.24) is 10.7 Å². The van der Waals surface area contributed by atoms with Gasteiger partial charge in [0.25, 0.3) is 0 Å². The second-order valence-corrected chi connectivity index (χ2v) is 4.30. The molecule has 0 unspecified atom stereocenters. The summed E-state index contributed by atoms with van der Waals surface area (Å²) in [5.74, 6) is -1.39. The molecule has 0 radical (unpaired) electrons. The highest BCUT2D eigenvalue weighted by atomic mass is 32.1. The zero-order valence-corrected chi connectivity index (χ0v) is 10.4. The third-order valence-corrected chi connectivity index (χ3v) is 2.73. The summed E-state index contributed by atoms with van der Waals surface area (Å²) >= 11 is 1.50. The Balaban J connectivity index is 2.27. The van der Waals surface area contributed by atoms with E-state index in [2.05, 4.69) is 15.8 Å². The van der Waals surface area contributed by atoms with E-state index in [0.29, 0.717) is 6.54 Å². The predicted molar refractivity (Wildman–Crippen MR) is 68.0 cm³/mol. The summed E-state index contributed by atoms with van der Waals surface area (Å²) < 4.78 is 0. The van der Waals surface area contributed by atoms with Crippen LogP contribution in [0.4, 0.5) is 0 Å². The van der Waals surface area contributed by atoms with Crippen molar-refractivity contribution >= 4 is 29.4 Å². The van der Waals surface area contributed by atoms with Crippen LogP contribution in [0.2, 0.25) is 0 Å². The quantitative estimate of drug-likeness (QED) is 0.357. The number of nitrogens with one attached hydrogen (secondary N) is 2. The molecular formula is C11H15N3O2S. The average Bonchev–Trinajstić information content (AvgIpc) is 2.82. The van der Waals surface area contributed by atoms with Gasteiger partial charge in [0.05, 0.1) is 6.21 Å². The van der Waals surface area contributed by atoms with E-state index < -0.39 is 11.8 Å². The van der Waals surface area contributed by atoms with Crippen LogP contribution in [-0.4, -0.2) is 24.6 Å². The highest BCUT2D eigenvalue weighted by Crippen LogP contribution is 2.03. The van der Waals surface area contributed by atoms with E-state index in [1.807, 2.05) is 24.4 Å². The summed E-state index contributed by atoms with van der Waals surface area (Å²) in [4.78, 5) is 23.4. The Morgan fingerprint density at radius 2 is 2.29 bits per heavy atom. The molecule has 0 bridgehead atoms. The minimum atomic E-state index is -0.742. The molecule has 0 aliphatic carbocycles. The second-order valence-electron chi connectivity index (χ2n) is 3.32. The van der Waals surface area contributed by atoms with Crippen molar-refractivity contribution < 1.29 is 9.59 Å². The van der Waals surface area contributed by atoms with Crippen LogP contribution in [0.3, 0.4) is 0 Å². The van der Waals surface area contributed by atoms with E-state index in [-0.39, 0.29) is 0 Å². The van der Waals surface area contributed by atoms with Gasteiger partial charge in [-0.15, -0.1) is 11.3 Å². The van der Waals surface area contributed by atoms with E-state index in [4.69, 9.17) is 0 Å². The number of hydrazone groups is 1. The lowest BCUT2D eigenvalue weighted by atomic mass is 10.3. The lowest BCUT2D eigenvalue weighted by Gasteiger charge is -2.01. The topological polar surface area (TPSA) is 70.6 Å². The maximum Gasteiger partial charge on any atom is 0.329 e. The predicted octanol–water partition coefficient (Wildman–Crippen LogP) is 1.11. The van der Waals surface area contributed by atoms with Crippen LogP contribution in [0.1, 0.15) is 24.6 Å². The summed E-state index contributed by atoms with van der Waals surface area (Å²) in [6, 6.07) is 3.74. The second kappa shape index (κ2) is 7.56. The molecule has 1 heterocycles. The van der Waals surface area contributed by atoms with Crippen molar-refractivity contribution in [2.75, 3.05) is 6.54 Å². The van der Waals surface area contributed by atoms with E-state index in [9.17, 15) is 9.59 Å². The summed E-state index contributed by atoms with van der Waals surface area (Å²) in [7, 11) is 0. The van der Waals surface area contributed by atoms with Gasteiger partial charge in [0.2, 0.25) is 0 Å². The van der Waals surface area contributed by atoms with Crippen molar-refractivity contribution in [3.63, 3.8) is 0 Å². The number of nitrogens with zero attached hydrogens (tertiary/aromatic N) is 1. The van der Waals surface area contributed by atoms with Crippen molar-refractivity contribution in [2.45, 2.75) is 19.8 Å². The Bertz CT molecular complexity index is 387. The van der Waals surface area contributed by atoms with Crippen molar-refractivity contribution in [1.29, 1.82) is 0 Å². The Kier molecular flexibility index (Phi) is 5.95. The van der Waals surface area contributed by atoms with Gasteiger partial charge in [-0.05, 0) is 17.9 Å². The van der Waals surface area contributed by atoms with E-state index in [0.717, 1.165) is 17.7 Å². The molecule has 0 spiro atoms. The van der Waals surface area contributed by atoms with E-state index >= 15 is 0 Å². The number of carbonyl (C=O) groups is 2. The van der Waals surface area contributed by atoms with Gasteiger partial charge in [0.15, 0.2) is 0 Å². The molecule has 0 aromatic carbocycles. The van der Waals surface area contributed by atoms with Gasteiger partial charge in [-0.1, -0.05) is 19.4 Å². The summed E-state index contributed by atoms with van der Waals surface area (Å²) in [6.07, 6.45) is 3.33. The number of rotatable bonds is 5. The van der Waals surface area contributed by atoms with Crippen LogP contribution in [0.25, 0.3) is 0 Å². The van der Waals surface area contributed by atoms with Crippen molar-refractivity contribution in [3.05, 3.63) is 22.4 Å². The maximum atomic E-state index is 11.2. The van der Waals surface area contributed by atoms with Crippen LogP contribution >= 0.6 is 11.3 Å². The average molecular weight is 253 g/mol. The van der Waals surface area contributed by atoms with Gasteiger partial charge in [-0.3, -0.25) is 9.59 Å². The number of thiophene rings is 1. The van der Waals surface area contributed by atoms with Crippen LogP contribution in [-0.2, 0) is 9.59 Å². The molecule has 17 heavy (non-hydrogen) atoms. The summed E-state index contributed by atoms with van der Waals surface area (Å²) in [5, 5.41) is 8.10. The van der Waals surface area contributed by atoms with E-state index in [1.165, 1.54) is 17.6 Å². The van der Waals surface area contributed by atoms with Gasteiger partial charge in [0.1, 0.15) is 0 Å². The minimum absolute atomic E-state index is 0.511. The fourth-order valence-corrected chi connectivity index (χ4v) is 1.61. The van der Waals surface area contributed by atoms with Gasteiger partial charge < -0.3 is 5.32 Å². The fourth-order valence-electron chi connectivity index (χ4n) is 1.03. The van der Waals surface area contributed by atoms with Crippen LogP contribution < -0.4 is 10.7 Å². The van der Waals surface area contributed by atoms with Crippen molar-refractivity contribution in [2.24, 2.45) is 5.10 Å². The Morgan fingerprint density at radius 1 is 1.47 bits per heavy atom. The molecule has 0 aliphatic rings. The first-order valence-corrected chi connectivity index (χ1v) is 6.26. The maximum absolute atomic E-state index is 11.2. The molecule has 0 saturated heterocycles. The Morgan fingerprint density at radius 3 is 2.94 bits per heavy atom. The summed E-state index contributed by atoms with van der Waals surface area (Å²) in [5.41, 5.74) is 2.17. The number of amides is 2. The highest BCUT2D eigenvalue weighted by Gasteiger charge is 2.10. The zero-order chi connectivity index (χ0) is 12.5. The molecule has 0 saturated carbocycles. The summed E-state index contributed by atoms with van der Waals surface area (Å²) in [6.45, 7) is 2.52. The zero-order valence-electron chi connectivity index (χ0n) is 9.60. The first-order valence-electron chi connectivity index (χ1n) is 5.38. The number of unbranched alkanes of at least 4 members (excludes halogenated alkanes) is 1. The largest absolute Gasteiger partial charge is 0.348 e. The molecule has 92 valence electrons. The minimum Gasteiger partial charge on any atom is -0.348 e. The molecule has 1 rings (SSSR count). The third kappa shape index (κ3) is 5.26. The molecule has 0 atom stereocenters. The van der Waals surface area contributed by atoms with Gasteiger partial charge in [0, 0.05) is 11.4 Å². The molecule has 6 heteroatoms. The lowest BCUT2D eigenvalue weighted by molar-refractivity contribution is -0.139. The molecule has 0 aliphatic heterocycles. The standard InChI is InChI=1S/C11H15N3O2S/c1-2-3-6-12-10(15)11(16)14-13-8-9-5-4-7-17-9/h4-5,7-8H,2-3,6H2,1H3,(H,12,15)(H,14,16)/b13-8-. The SMILES string of the molecule is CCCCNC(=O)C(=O)N/N=C\c1cccs1. The first kappa shape index (κ1) is 13.4. The third-order valence-electron chi connectivity index (χ3n) is 1.92. The molecule has 5 nitrogen and oxygen atoms in total. The smallest absolute Gasteiger partial charge is 0.329 e. The van der Waals surface area contributed by atoms with Gasteiger partial charge in [-0.2, -0.15) is 5.10 Å². The molecule has 1 aromatic rings. The number of hydrogen-bond donors (Lipinski definition) is 2. The van der Waals surface area contributed by atoms with Gasteiger partial charge >= 0.3 is 11.8 Å². The molecule has 2 amide bonds.